The summed E-state index contributed by atoms with van der Waals surface area (Å²) < 4.78 is 17.8. The number of ether oxygens (including phenoxy) is 1. The Balaban J connectivity index is 2.35. The summed E-state index contributed by atoms with van der Waals surface area (Å²) in [6, 6.07) is 0. The predicted octanol–water partition coefficient (Wildman–Crippen LogP) is 0.836. The first kappa shape index (κ1) is 8.46. The largest absolute Gasteiger partial charge is 0.481 e. The van der Waals surface area contributed by atoms with Crippen LogP contribution in [0.25, 0.3) is 0 Å². The van der Waals surface area contributed by atoms with Crippen LogP contribution >= 0.6 is 0 Å². The van der Waals surface area contributed by atoms with Gasteiger partial charge in [0.15, 0.2) is 0 Å². The maximum absolute atomic E-state index is 12.9. The van der Waals surface area contributed by atoms with E-state index in [9.17, 15) is 9.18 Å². The Hall–Kier alpha value is -0.640. The summed E-state index contributed by atoms with van der Waals surface area (Å²) in [5, 5.41) is 8.36. The molecule has 0 saturated carbocycles. The van der Waals surface area contributed by atoms with Crippen LogP contribution in [0.1, 0.15) is 12.8 Å². The molecule has 0 aliphatic carbocycles. The number of aliphatic carboxylic acids is 1. The third kappa shape index (κ3) is 2.46. The minimum absolute atomic E-state index is 0.124. The number of carboxylic acids is 1. The minimum atomic E-state index is -1.00. The molecule has 0 radical (unpaired) electrons. The van der Waals surface area contributed by atoms with Crippen LogP contribution in [0, 0.1) is 5.92 Å². The molecule has 64 valence electrons. The molecule has 1 aliphatic rings. The van der Waals surface area contributed by atoms with E-state index in [-0.39, 0.29) is 13.0 Å². The van der Waals surface area contributed by atoms with E-state index in [2.05, 4.69) is 0 Å². The topological polar surface area (TPSA) is 46.5 Å². The Kier molecular flexibility index (Phi) is 2.82. The number of halogens is 1. The van der Waals surface area contributed by atoms with Gasteiger partial charge in [0.1, 0.15) is 6.17 Å². The third-order valence-electron chi connectivity index (χ3n) is 1.82. The monoisotopic (exact) mass is 162 g/mol. The summed E-state index contributed by atoms with van der Waals surface area (Å²) in [7, 11) is 0. The van der Waals surface area contributed by atoms with Crippen molar-refractivity contribution < 1.29 is 19.0 Å². The number of hydrogen-bond acceptors (Lipinski definition) is 2. The van der Waals surface area contributed by atoms with Gasteiger partial charge in [-0.2, -0.15) is 0 Å². The number of carboxylic acid groups (broad SMARTS) is 1. The lowest BCUT2D eigenvalue weighted by Gasteiger charge is -2.24. The van der Waals surface area contributed by atoms with Gasteiger partial charge in [-0.25, -0.2) is 4.39 Å². The Morgan fingerprint density at radius 1 is 1.73 bits per heavy atom. The van der Waals surface area contributed by atoms with Crippen LogP contribution in [0.3, 0.4) is 0 Å². The molecule has 0 aromatic heterocycles. The zero-order chi connectivity index (χ0) is 8.27. The molecular weight excluding hydrogens is 151 g/mol. The van der Waals surface area contributed by atoms with E-state index >= 15 is 0 Å². The fourth-order valence-electron chi connectivity index (χ4n) is 1.18. The van der Waals surface area contributed by atoms with E-state index in [0.717, 1.165) is 0 Å². The Morgan fingerprint density at radius 3 is 3.00 bits per heavy atom. The molecule has 2 atom stereocenters. The maximum atomic E-state index is 12.9. The fraction of sp³-hybridized carbons (Fsp3) is 0.857. The molecule has 1 aliphatic heterocycles. The summed E-state index contributed by atoms with van der Waals surface area (Å²) in [5.74, 6) is -1.40. The number of carbonyl (C=O) groups is 1. The van der Waals surface area contributed by atoms with E-state index in [1.807, 2.05) is 0 Å². The molecule has 2 unspecified atom stereocenters. The highest BCUT2D eigenvalue weighted by atomic mass is 19.1. The second-order valence-electron chi connectivity index (χ2n) is 2.74. The van der Waals surface area contributed by atoms with E-state index in [1.165, 1.54) is 0 Å². The van der Waals surface area contributed by atoms with Crippen molar-refractivity contribution in [2.45, 2.75) is 19.0 Å². The van der Waals surface area contributed by atoms with Crippen molar-refractivity contribution in [2.24, 2.45) is 5.92 Å². The molecule has 1 N–H and O–H groups in total. The van der Waals surface area contributed by atoms with Crippen molar-refractivity contribution in [2.75, 3.05) is 13.2 Å². The van der Waals surface area contributed by atoms with Crippen LogP contribution in [-0.2, 0) is 9.53 Å². The van der Waals surface area contributed by atoms with Crippen molar-refractivity contribution in [3.8, 4) is 0 Å². The Labute approximate surface area is 64.2 Å². The van der Waals surface area contributed by atoms with Crippen LogP contribution < -0.4 is 0 Å². The molecule has 1 heterocycles. The SMILES string of the molecule is O=C(O)CC1COCCC1F. The molecular formula is C7H11FO3. The molecule has 1 rings (SSSR count). The number of alkyl halides is 1. The van der Waals surface area contributed by atoms with Crippen molar-refractivity contribution in [3.63, 3.8) is 0 Å². The van der Waals surface area contributed by atoms with Crippen molar-refractivity contribution >= 4 is 5.97 Å². The number of hydrogen-bond donors (Lipinski definition) is 1. The highest BCUT2D eigenvalue weighted by Crippen LogP contribution is 2.20. The molecule has 0 aromatic carbocycles. The Bertz CT molecular complexity index is 149. The summed E-state index contributed by atoms with van der Waals surface area (Å²) in [6.07, 6.45) is -0.793. The van der Waals surface area contributed by atoms with Gasteiger partial charge in [0, 0.05) is 18.9 Å². The summed E-state index contributed by atoms with van der Waals surface area (Å²) in [6.45, 7) is 0.657. The van der Waals surface area contributed by atoms with Crippen molar-refractivity contribution in [1.82, 2.24) is 0 Å². The van der Waals surface area contributed by atoms with E-state index in [4.69, 9.17) is 9.84 Å². The van der Waals surface area contributed by atoms with Crippen LogP contribution in [0.15, 0.2) is 0 Å². The molecule has 1 saturated heterocycles. The maximum Gasteiger partial charge on any atom is 0.303 e. The molecule has 0 bridgehead atoms. The zero-order valence-corrected chi connectivity index (χ0v) is 6.12. The van der Waals surface area contributed by atoms with Crippen molar-refractivity contribution in [3.05, 3.63) is 0 Å². The van der Waals surface area contributed by atoms with Gasteiger partial charge < -0.3 is 9.84 Å². The van der Waals surface area contributed by atoms with Crippen LogP contribution in [-0.4, -0.2) is 30.5 Å². The molecule has 0 spiro atoms. The van der Waals surface area contributed by atoms with Crippen molar-refractivity contribution in [1.29, 1.82) is 0 Å². The highest BCUT2D eigenvalue weighted by Gasteiger charge is 2.27. The standard InChI is InChI=1S/C7H11FO3/c8-6-1-2-11-4-5(6)3-7(9)10/h5-6H,1-4H2,(H,9,10). The van der Waals surface area contributed by atoms with Crippen LogP contribution in [0.4, 0.5) is 4.39 Å². The van der Waals surface area contributed by atoms with Gasteiger partial charge in [-0.15, -0.1) is 0 Å². The lowest BCUT2D eigenvalue weighted by molar-refractivity contribution is -0.140. The van der Waals surface area contributed by atoms with Gasteiger partial charge in [0.25, 0.3) is 0 Å². The van der Waals surface area contributed by atoms with E-state index in [0.29, 0.717) is 13.0 Å². The van der Waals surface area contributed by atoms with Gasteiger partial charge in [-0.1, -0.05) is 0 Å². The first-order valence-corrected chi connectivity index (χ1v) is 3.63. The summed E-state index contributed by atoms with van der Waals surface area (Å²) in [4.78, 5) is 10.2. The molecule has 4 heteroatoms. The van der Waals surface area contributed by atoms with Crippen LogP contribution in [0.5, 0.6) is 0 Å². The average Bonchev–Trinajstić information content (AvgIpc) is 1.93. The molecule has 11 heavy (non-hydrogen) atoms. The molecule has 3 nitrogen and oxygen atoms in total. The molecule has 1 fully saturated rings. The van der Waals surface area contributed by atoms with Gasteiger partial charge in [0.05, 0.1) is 13.0 Å². The van der Waals surface area contributed by atoms with Gasteiger partial charge >= 0.3 is 5.97 Å². The normalized spacial score (nSPS) is 31.7. The third-order valence-corrected chi connectivity index (χ3v) is 1.82. The average molecular weight is 162 g/mol. The Morgan fingerprint density at radius 2 is 2.45 bits per heavy atom. The smallest absolute Gasteiger partial charge is 0.303 e. The first-order chi connectivity index (χ1) is 5.20. The fourth-order valence-corrected chi connectivity index (χ4v) is 1.18. The summed E-state index contributed by atoms with van der Waals surface area (Å²) in [5.41, 5.74) is 0. The lowest BCUT2D eigenvalue weighted by Crippen LogP contribution is -2.30. The van der Waals surface area contributed by atoms with Gasteiger partial charge in [-0.05, 0) is 0 Å². The van der Waals surface area contributed by atoms with Gasteiger partial charge in [0.2, 0.25) is 0 Å². The highest BCUT2D eigenvalue weighted by molar-refractivity contribution is 5.67. The second-order valence-corrected chi connectivity index (χ2v) is 2.74. The molecule has 0 amide bonds. The van der Waals surface area contributed by atoms with Gasteiger partial charge in [-0.3, -0.25) is 4.79 Å². The zero-order valence-electron chi connectivity index (χ0n) is 6.12. The number of rotatable bonds is 2. The first-order valence-electron chi connectivity index (χ1n) is 3.63. The summed E-state index contributed by atoms with van der Waals surface area (Å²) >= 11 is 0. The predicted molar refractivity (Wildman–Crippen MR) is 36.1 cm³/mol. The minimum Gasteiger partial charge on any atom is -0.481 e. The lowest BCUT2D eigenvalue weighted by atomic mass is 9.97. The van der Waals surface area contributed by atoms with E-state index < -0.39 is 18.1 Å². The van der Waals surface area contributed by atoms with Crippen LogP contribution in [0.2, 0.25) is 0 Å². The second kappa shape index (κ2) is 3.67. The molecule has 0 aromatic rings. The van der Waals surface area contributed by atoms with E-state index in [1.54, 1.807) is 0 Å². The quantitative estimate of drug-likeness (QED) is 0.654.